The summed E-state index contributed by atoms with van der Waals surface area (Å²) in [5, 5.41) is 3.78. The molecule has 20 heavy (non-hydrogen) atoms. The third-order valence-corrected chi connectivity index (χ3v) is 5.14. The van der Waals surface area contributed by atoms with E-state index >= 15 is 0 Å². The summed E-state index contributed by atoms with van der Waals surface area (Å²) < 4.78 is 1.33. The van der Waals surface area contributed by atoms with Gasteiger partial charge in [-0.1, -0.05) is 51.2 Å². The van der Waals surface area contributed by atoms with Gasteiger partial charge in [-0.05, 0) is 72.0 Å². The van der Waals surface area contributed by atoms with Gasteiger partial charge in [-0.15, -0.1) is 0 Å². The molecule has 0 heterocycles. The van der Waals surface area contributed by atoms with Gasteiger partial charge in [-0.25, -0.2) is 0 Å². The van der Waals surface area contributed by atoms with E-state index in [1.165, 1.54) is 60.5 Å². The van der Waals surface area contributed by atoms with Crippen LogP contribution in [0.1, 0.15) is 57.4 Å². The molecular weight excluding hydrogens is 357 g/mol. The van der Waals surface area contributed by atoms with E-state index in [1.54, 1.807) is 0 Å². The predicted octanol–water partition coefficient (Wildman–Crippen LogP) is 5.17. The van der Waals surface area contributed by atoms with E-state index in [9.17, 15) is 0 Å². The van der Waals surface area contributed by atoms with Crippen LogP contribution in [-0.2, 0) is 6.42 Å². The Balaban J connectivity index is 1.89. The number of hydrogen-bond acceptors (Lipinski definition) is 1. The molecule has 1 atom stereocenters. The van der Waals surface area contributed by atoms with Gasteiger partial charge in [0.2, 0.25) is 0 Å². The van der Waals surface area contributed by atoms with Crippen molar-refractivity contribution >= 4 is 22.6 Å². The molecule has 0 bridgehead atoms. The lowest BCUT2D eigenvalue weighted by molar-refractivity contribution is 0.296. The van der Waals surface area contributed by atoms with Gasteiger partial charge in [0.05, 0.1) is 0 Å². The highest BCUT2D eigenvalue weighted by atomic mass is 127. The van der Waals surface area contributed by atoms with E-state index in [4.69, 9.17) is 0 Å². The standard InChI is InChI=1S/C18H28IN/c1-2-12-20-18(13-15-6-4-3-5-7-15)14-16-8-10-17(19)11-9-16/h8-11,15,18,20H,2-7,12-14H2,1H3. The molecule has 1 nitrogen and oxygen atoms in total. The van der Waals surface area contributed by atoms with Gasteiger partial charge in [0.15, 0.2) is 0 Å². The lowest BCUT2D eigenvalue weighted by atomic mass is 9.83. The van der Waals surface area contributed by atoms with Gasteiger partial charge in [-0.2, -0.15) is 0 Å². The molecule has 0 saturated heterocycles. The van der Waals surface area contributed by atoms with Gasteiger partial charge in [0, 0.05) is 9.61 Å². The van der Waals surface area contributed by atoms with E-state index in [0.29, 0.717) is 6.04 Å². The number of rotatable bonds is 7. The Morgan fingerprint density at radius 3 is 2.50 bits per heavy atom. The molecule has 2 heteroatoms. The molecular formula is C18H28IN. The summed E-state index contributed by atoms with van der Waals surface area (Å²) >= 11 is 2.38. The highest BCUT2D eigenvalue weighted by molar-refractivity contribution is 14.1. The molecule has 0 aromatic heterocycles. The molecule has 1 aliphatic carbocycles. The van der Waals surface area contributed by atoms with E-state index < -0.39 is 0 Å². The summed E-state index contributed by atoms with van der Waals surface area (Å²) in [6, 6.07) is 9.71. The van der Waals surface area contributed by atoms with Crippen molar-refractivity contribution in [2.24, 2.45) is 5.92 Å². The number of halogens is 1. The summed E-state index contributed by atoms with van der Waals surface area (Å²) in [5.41, 5.74) is 1.48. The number of hydrogen-bond donors (Lipinski definition) is 1. The van der Waals surface area contributed by atoms with Crippen molar-refractivity contribution in [2.45, 2.75) is 64.3 Å². The Bertz CT molecular complexity index is 368. The van der Waals surface area contributed by atoms with Crippen LogP contribution in [0.5, 0.6) is 0 Å². The molecule has 1 aromatic carbocycles. The van der Waals surface area contributed by atoms with E-state index in [0.717, 1.165) is 12.5 Å². The minimum absolute atomic E-state index is 0.665. The second kappa shape index (κ2) is 9.04. The smallest absolute Gasteiger partial charge is 0.0130 e. The summed E-state index contributed by atoms with van der Waals surface area (Å²) in [4.78, 5) is 0. The van der Waals surface area contributed by atoms with Gasteiger partial charge < -0.3 is 5.32 Å². The zero-order valence-electron chi connectivity index (χ0n) is 12.7. The summed E-state index contributed by atoms with van der Waals surface area (Å²) in [7, 11) is 0. The van der Waals surface area contributed by atoms with Crippen LogP contribution in [-0.4, -0.2) is 12.6 Å². The fraction of sp³-hybridized carbons (Fsp3) is 0.667. The minimum Gasteiger partial charge on any atom is -0.314 e. The Morgan fingerprint density at radius 2 is 1.85 bits per heavy atom. The van der Waals surface area contributed by atoms with Crippen LogP contribution in [0, 0.1) is 9.49 Å². The van der Waals surface area contributed by atoms with Gasteiger partial charge in [0.25, 0.3) is 0 Å². The van der Waals surface area contributed by atoms with Gasteiger partial charge in [-0.3, -0.25) is 0 Å². The van der Waals surface area contributed by atoms with Crippen molar-refractivity contribution < 1.29 is 0 Å². The third-order valence-electron chi connectivity index (χ3n) is 4.42. The zero-order chi connectivity index (χ0) is 14.2. The topological polar surface area (TPSA) is 12.0 Å². The van der Waals surface area contributed by atoms with Crippen LogP contribution >= 0.6 is 22.6 Å². The van der Waals surface area contributed by atoms with Gasteiger partial charge >= 0.3 is 0 Å². The van der Waals surface area contributed by atoms with Crippen molar-refractivity contribution in [3.05, 3.63) is 33.4 Å². The van der Waals surface area contributed by atoms with Crippen LogP contribution in [0.25, 0.3) is 0 Å². The van der Waals surface area contributed by atoms with E-state index in [1.807, 2.05) is 0 Å². The van der Waals surface area contributed by atoms with Crippen molar-refractivity contribution in [3.8, 4) is 0 Å². The minimum atomic E-state index is 0.665. The van der Waals surface area contributed by atoms with Gasteiger partial charge in [0.1, 0.15) is 0 Å². The normalized spacial score (nSPS) is 18.1. The lowest BCUT2D eigenvalue weighted by Gasteiger charge is -2.27. The molecule has 2 rings (SSSR count). The fourth-order valence-corrected chi connectivity index (χ4v) is 3.68. The number of benzene rings is 1. The highest BCUT2D eigenvalue weighted by Gasteiger charge is 2.18. The second-order valence-electron chi connectivity index (χ2n) is 6.22. The molecule has 0 amide bonds. The first-order chi connectivity index (χ1) is 9.78. The first kappa shape index (κ1) is 16.3. The number of nitrogens with one attached hydrogen (secondary N) is 1. The average Bonchev–Trinajstić information content (AvgIpc) is 2.48. The second-order valence-corrected chi connectivity index (χ2v) is 7.47. The Morgan fingerprint density at radius 1 is 1.15 bits per heavy atom. The maximum atomic E-state index is 3.78. The van der Waals surface area contributed by atoms with E-state index in [-0.39, 0.29) is 0 Å². The van der Waals surface area contributed by atoms with Crippen LogP contribution in [0.2, 0.25) is 0 Å². The van der Waals surface area contributed by atoms with Crippen LogP contribution < -0.4 is 5.32 Å². The lowest BCUT2D eigenvalue weighted by Crippen LogP contribution is -2.34. The van der Waals surface area contributed by atoms with Crippen LogP contribution in [0.3, 0.4) is 0 Å². The summed E-state index contributed by atoms with van der Waals surface area (Å²) in [5.74, 6) is 0.960. The maximum absolute atomic E-state index is 3.78. The monoisotopic (exact) mass is 385 g/mol. The first-order valence-electron chi connectivity index (χ1n) is 8.25. The largest absolute Gasteiger partial charge is 0.314 e. The molecule has 0 spiro atoms. The molecule has 0 radical (unpaired) electrons. The fourth-order valence-electron chi connectivity index (χ4n) is 3.32. The molecule has 0 aliphatic heterocycles. The molecule has 1 unspecified atom stereocenters. The molecule has 1 aliphatic rings. The van der Waals surface area contributed by atoms with Crippen molar-refractivity contribution in [3.63, 3.8) is 0 Å². The first-order valence-corrected chi connectivity index (χ1v) is 9.33. The quantitative estimate of drug-likeness (QED) is 0.639. The molecule has 1 saturated carbocycles. The van der Waals surface area contributed by atoms with Crippen molar-refractivity contribution in [1.82, 2.24) is 5.32 Å². The van der Waals surface area contributed by atoms with Crippen molar-refractivity contribution in [2.75, 3.05) is 6.54 Å². The predicted molar refractivity (Wildman–Crippen MR) is 96.1 cm³/mol. The SMILES string of the molecule is CCCNC(Cc1ccc(I)cc1)CC1CCCCC1. The molecule has 1 N–H and O–H groups in total. The van der Waals surface area contributed by atoms with Crippen LogP contribution in [0.15, 0.2) is 24.3 Å². The molecule has 1 fully saturated rings. The molecule has 112 valence electrons. The Hall–Kier alpha value is -0.0900. The third kappa shape index (κ3) is 5.72. The van der Waals surface area contributed by atoms with E-state index in [2.05, 4.69) is 59.1 Å². The maximum Gasteiger partial charge on any atom is 0.0130 e. The average molecular weight is 385 g/mol. The zero-order valence-corrected chi connectivity index (χ0v) is 14.9. The van der Waals surface area contributed by atoms with Crippen molar-refractivity contribution in [1.29, 1.82) is 0 Å². The Kier molecular flexibility index (Phi) is 7.36. The Labute approximate surface area is 138 Å². The summed E-state index contributed by atoms with van der Waals surface area (Å²) in [6.07, 6.45) is 11.1. The van der Waals surface area contributed by atoms with Crippen LogP contribution in [0.4, 0.5) is 0 Å². The highest BCUT2D eigenvalue weighted by Crippen LogP contribution is 2.28. The molecule has 1 aromatic rings. The summed E-state index contributed by atoms with van der Waals surface area (Å²) in [6.45, 7) is 3.41.